The van der Waals surface area contributed by atoms with Crippen LogP contribution in [0.25, 0.3) is 0 Å². The van der Waals surface area contributed by atoms with Gasteiger partial charge in [-0.05, 0) is 5.56 Å². The third kappa shape index (κ3) is 4.90. The van der Waals surface area contributed by atoms with E-state index in [4.69, 9.17) is 4.55 Å². The molecule has 1 aromatic carbocycles. The van der Waals surface area contributed by atoms with Crippen molar-refractivity contribution in [3.63, 3.8) is 0 Å². The fraction of sp³-hybridized carbons (Fsp3) is 0.143. The fourth-order valence-corrected chi connectivity index (χ4v) is 1.40. The van der Waals surface area contributed by atoms with E-state index in [1.54, 1.807) is 30.3 Å². The summed E-state index contributed by atoms with van der Waals surface area (Å²) in [7, 11) is -3.88. The minimum Gasteiger partial charge on any atom is -0.285 e. The molecule has 0 bridgehead atoms. The Labute approximate surface area is 93.8 Å². The Morgan fingerprint density at radius 1 is 1.17 bits per heavy atom. The van der Waals surface area contributed by atoms with E-state index in [1.165, 1.54) is 0 Å². The molecule has 0 amide bonds. The second-order valence-corrected chi connectivity index (χ2v) is 3.66. The maximum atomic E-state index is 10.4. The number of hydrogen-bond donors (Lipinski definition) is 1. The molecule has 0 saturated heterocycles. The van der Waals surface area contributed by atoms with Crippen molar-refractivity contribution >= 4 is 39.7 Å². The van der Waals surface area contributed by atoms with Crippen molar-refractivity contribution in [3.05, 3.63) is 35.9 Å². The molecular weight excluding hydrogens is 187 g/mol. The average molecular weight is 195 g/mol. The van der Waals surface area contributed by atoms with Crippen LogP contribution in [0.5, 0.6) is 0 Å². The summed E-state index contributed by atoms with van der Waals surface area (Å²) in [6.45, 7) is 0. The summed E-state index contributed by atoms with van der Waals surface area (Å²) in [5.41, 5.74) is 0.593. The molecule has 0 spiro atoms. The summed E-state index contributed by atoms with van der Waals surface area (Å²) in [5, 5.41) is 0. The molecule has 0 aliphatic heterocycles. The Morgan fingerprint density at radius 2 is 1.67 bits per heavy atom. The van der Waals surface area contributed by atoms with Gasteiger partial charge in [-0.25, -0.2) is 0 Å². The van der Waals surface area contributed by atoms with E-state index in [0.717, 1.165) is 0 Å². The molecule has 0 unspecified atom stereocenters. The first-order chi connectivity index (χ1) is 5.08. The Morgan fingerprint density at radius 3 is 2.08 bits per heavy atom. The van der Waals surface area contributed by atoms with Crippen LogP contribution in [0.15, 0.2) is 30.3 Å². The molecule has 5 heteroatoms. The first-order valence-electron chi connectivity index (χ1n) is 3.07. The molecule has 0 fully saturated rings. The predicted octanol–water partition coefficient (Wildman–Crippen LogP) is 0.694. The molecule has 0 saturated carbocycles. The smallest absolute Gasteiger partial charge is 0.269 e. The van der Waals surface area contributed by atoms with Crippen LogP contribution in [0.3, 0.4) is 0 Å². The fourth-order valence-electron chi connectivity index (χ4n) is 0.785. The summed E-state index contributed by atoms with van der Waals surface area (Å²) < 4.78 is 29.2. The van der Waals surface area contributed by atoms with Crippen LogP contribution in [0.4, 0.5) is 0 Å². The molecule has 1 N–H and O–H groups in total. The molecule has 0 aromatic heterocycles. The van der Waals surface area contributed by atoms with E-state index < -0.39 is 10.1 Å². The maximum Gasteiger partial charge on any atom is 0.269 e. The SMILES string of the molecule is O=S(=O)(O)Cc1ccccc1.[Na]. The molecule has 1 radical (unpaired) electrons. The van der Waals surface area contributed by atoms with Gasteiger partial charge in [0.15, 0.2) is 0 Å². The van der Waals surface area contributed by atoms with Gasteiger partial charge >= 0.3 is 0 Å². The molecule has 0 atom stereocenters. The van der Waals surface area contributed by atoms with Crippen molar-refractivity contribution in [2.75, 3.05) is 0 Å². The molecule has 61 valence electrons. The largest absolute Gasteiger partial charge is 0.285 e. The van der Waals surface area contributed by atoms with Crippen molar-refractivity contribution in [1.29, 1.82) is 0 Å². The first-order valence-corrected chi connectivity index (χ1v) is 4.68. The van der Waals surface area contributed by atoms with Gasteiger partial charge in [-0.1, -0.05) is 30.3 Å². The quantitative estimate of drug-likeness (QED) is 0.558. The van der Waals surface area contributed by atoms with Crippen molar-refractivity contribution in [1.82, 2.24) is 0 Å². The van der Waals surface area contributed by atoms with Crippen molar-refractivity contribution in [2.24, 2.45) is 0 Å². The zero-order valence-corrected chi connectivity index (χ0v) is 9.58. The number of benzene rings is 1. The Bertz CT molecular complexity index is 320. The van der Waals surface area contributed by atoms with Crippen molar-refractivity contribution < 1.29 is 13.0 Å². The van der Waals surface area contributed by atoms with Gasteiger partial charge < -0.3 is 0 Å². The van der Waals surface area contributed by atoms with Gasteiger partial charge in [0.1, 0.15) is 5.75 Å². The molecule has 0 aliphatic carbocycles. The second-order valence-electron chi connectivity index (χ2n) is 2.21. The van der Waals surface area contributed by atoms with Crippen LogP contribution in [0, 0.1) is 0 Å². The zero-order valence-electron chi connectivity index (χ0n) is 6.77. The van der Waals surface area contributed by atoms with Gasteiger partial charge in [0.05, 0.1) is 0 Å². The topological polar surface area (TPSA) is 54.4 Å². The summed E-state index contributed by atoms with van der Waals surface area (Å²) in [6.07, 6.45) is 0. The van der Waals surface area contributed by atoms with E-state index in [-0.39, 0.29) is 35.3 Å². The molecule has 0 aliphatic rings. The van der Waals surface area contributed by atoms with Gasteiger partial charge in [0, 0.05) is 29.6 Å². The van der Waals surface area contributed by atoms with Crippen LogP contribution in [0.2, 0.25) is 0 Å². The van der Waals surface area contributed by atoms with Crippen molar-refractivity contribution in [2.45, 2.75) is 5.75 Å². The molecule has 3 nitrogen and oxygen atoms in total. The summed E-state index contributed by atoms with van der Waals surface area (Å²) in [4.78, 5) is 0. The number of rotatable bonds is 2. The van der Waals surface area contributed by atoms with Crippen LogP contribution >= 0.6 is 0 Å². The van der Waals surface area contributed by atoms with Crippen molar-refractivity contribution in [3.8, 4) is 0 Å². The third-order valence-corrected chi connectivity index (χ3v) is 1.89. The minimum absolute atomic E-state index is 0. The van der Waals surface area contributed by atoms with Gasteiger partial charge in [0.2, 0.25) is 0 Å². The molecule has 1 rings (SSSR count). The van der Waals surface area contributed by atoms with Gasteiger partial charge in [-0.15, -0.1) is 0 Å². The molecule has 0 heterocycles. The van der Waals surface area contributed by atoms with Crippen LogP contribution in [0.1, 0.15) is 5.56 Å². The summed E-state index contributed by atoms with van der Waals surface area (Å²) in [6, 6.07) is 8.52. The Hall–Kier alpha value is 0.130. The Kier molecular flexibility index (Phi) is 5.04. The van der Waals surface area contributed by atoms with Gasteiger partial charge in [0.25, 0.3) is 10.1 Å². The number of hydrogen-bond acceptors (Lipinski definition) is 2. The third-order valence-electron chi connectivity index (χ3n) is 1.19. The molecule has 1 aromatic rings. The van der Waals surface area contributed by atoms with Gasteiger partial charge in [-0.3, -0.25) is 4.55 Å². The minimum atomic E-state index is -3.88. The van der Waals surface area contributed by atoms with Crippen LogP contribution in [-0.4, -0.2) is 42.5 Å². The van der Waals surface area contributed by atoms with E-state index in [1.807, 2.05) is 0 Å². The van der Waals surface area contributed by atoms with Crippen LogP contribution in [-0.2, 0) is 15.9 Å². The Balaban J connectivity index is 0.00000121. The average Bonchev–Trinajstić information content (AvgIpc) is 1.85. The normalized spacial score (nSPS) is 10.4. The zero-order chi connectivity index (χ0) is 8.32. The van der Waals surface area contributed by atoms with Gasteiger partial charge in [-0.2, -0.15) is 8.42 Å². The monoisotopic (exact) mass is 195 g/mol. The van der Waals surface area contributed by atoms with E-state index in [0.29, 0.717) is 5.56 Å². The standard InChI is InChI=1S/C7H8O3S.Na/c8-11(9,10)6-7-4-2-1-3-5-7;/h1-5H,6H2,(H,8,9,10);. The maximum absolute atomic E-state index is 10.4. The second kappa shape index (κ2) is 4.99. The summed E-state index contributed by atoms with van der Waals surface area (Å²) in [5.74, 6) is -0.312. The molecular formula is C7H8NaO3S. The first kappa shape index (κ1) is 12.1. The molecule has 12 heavy (non-hydrogen) atoms. The van der Waals surface area contributed by atoms with Crippen LogP contribution < -0.4 is 0 Å². The van der Waals surface area contributed by atoms with E-state index in [9.17, 15) is 8.42 Å². The van der Waals surface area contributed by atoms with E-state index >= 15 is 0 Å². The predicted molar refractivity (Wildman–Crippen MR) is 47.4 cm³/mol. The summed E-state index contributed by atoms with van der Waals surface area (Å²) >= 11 is 0. The van der Waals surface area contributed by atoms with E-state index in [2.05, 4.69) is 0 Å².